The molecule has 1 fully saturated rings. The first-order chi connectivity index (χ1) is 10.2. The third-order valence-electron chi connectivity index (χ3n) is 4.16. The fourth-order valence-electron chi connectivity index (χ4n) is 2.83. The molecular formula is C17H27N3O. The maximum Gasteiger partial charge on any atom is 0.223 e. The molecule has 0 radical (unpaired) electrons. The zero-order valence-corrected chi connectivity index (χ0v) is 12.9. The molecule has 0 aliphatic carbocycles. The molecule has 1 aliphatic heterocycles. The Labute approximate surface area is 127 Å². The molecule has 1 saturated heterocycles. The van der Waals surface area contributed by atoms with E-state index in [2.05, 4.69) is 34.5 Å². The lowest BCUT2D eigenvalue weighted by Crippen LogP contribution is -2.39. The maximum absolute atomic E-state index is 12.1. The smallest absolute Gasteiger partial charge is 0.223 e. The van der Waals surface area contributed by atoms with Gasteiger partial charge in [-0.25, -0.2) is 0 Å². The number of hydrogen-bond donors (Lipinski definition) is 2. The van der Waals surface area contributed by atoms with E-state index in [9.17, 15) is 4.79 Å². The molecule has 4 nitrogen and oxygen atoms in total. The highest BCUT2D eigenvalue weighted by molar-refractivity contribution is 5.78. The number of amides is 1. The molecule has 2 unspecified atom stereocenters. The summed E-state index contributed by atoms with van der Waals surface area (Å²) in [5, 5.41) is 3.18. The first kappa shape index (κ1) is 16.0. The van der Waals surface area contributed by atoms with Crippen LogP contribution in [0.15, 0.2) is 30.3 Å². The Morgan fingerprint density at radius 1 is 1.43 bits per heavy atom. The number of carbonyl (C=O) groups is 1. The largest absolute Gasteiger partial charge is 0.352 e. The predicted octanol–water partition coefficient (Wildman–Crippen LogP) is 1.75. The van der Waals surface area contributed by atoms with E-state index in [1.54, 1.807) is 0 Å². The number of benzene rings is 1. The fourth-order valence-corrected chi connectivity index (χ4v) is 2.83. The molecule has 3 N–H and O–H groups in total. The van der Waals surface area contributed by atoms with Crippen molar-refractivity contribution in [2.24, 2.45) is 11.7 Å². The van der Waals surface area contributed by atoms with Crippen LogP contribution in [0.1, 0.15) is 31.7 Å². The number of likely N-dealkylation sites (tertiary alicyclic amines) is 1. The standard InChI is InChI=1S/C17H27N3O/c1-14(6-5-10-18)17(21)19-16-9-11-20(13-16)12-15-7-3-2-4-8-15/h2-4,7-8,14,16H,5-6,9-13,18H2,1H3,(H,19,21). The molecule has 1 heterocycles. The van der Waals surface area contributed by atoms with E-state index in [1.807, 2.05) is 13.0 Å². The van der Waals surface area contributed by atoms with E-state index >= 15 is 0 Å². The quantitative estimate of drug-likeness (QED) is 0.804. The monoisotopic (exact) mass is 289 g/mol. The van der Waals surface area contributed by atoms with Crippen molar-refractivity contribution in [2.75, 3.05) is 19.6 Å². The van der Waals surface area contributed by atoms with Crippen molar-refractivity contribution in [3.8, 4) is 0 Å². The van der Waals surface area contributed by atoms with Crippen LogP contribution in [0, 0.1) is 5.92 Å². The van der Waals surface area contributed by atoms with E-state index in [0.717, 1.165) is 38.9 Å². The molecule has 0 saturated carbocycles. The Balaban J connectivity index is 1.73. The summed E-state index contributed by atoms with van der Waals surface area (Å²) < 4.78 is 0. The third kappa shape index (κ3) is 5.14. The molecule has 116 valence electrons. The highest BCUT2D eigenvalue weighted by Crippen LogP contribution is 2.14. The minimum Gasteiger partial charge on any atom is -0.352 e. The zero-order valence-electron chi connectivity index (χ0n) is 12.9. The van der Waals surface area contributed by atoms with Gasteiger partial charge in [0.2, 0.25) is 5.91 Å². The summed E-state index contributed by atoms with van der Waals surface area (Å²) in [6, 6.07) is 10.8. The topological polar surface area (TPSA) is 58.4 Å². The molecule has 1 aliphatic rings. The van der Waals surface area contributed by atoms with E-state index in [0.29, 0.717) is 12.6 Å². The van der Waals surface area contributed by atoms with Crippen LogP contribution in [-0.2, 0) is 11.3 Å². The lowest BCUT2D eigenvalue weighted by Gasteiger charge is -2.18. The number of nitrogens with two attached hydrogens (primary N) is 1. The van der Waals surface area contributed by atoms with Gasteiger partial charge in [0.05, 0.1) is 0 Å². The van der Waals surface area contributed by atoms with Gasteiger partial charge in [-0.1, -0.05) is 37.3 Å². The minimum atomic E-state index is 0.0664. The predicted molar refractivity (Wildman–Crippen MR) is 85.7 cm³/mol. The number of nitrogens with zero attached hydrogens (tertiary/aromatic N) is 1. The molecular weight excluding hydrogens is 262 g/mol. The zero-order chi connectivity index (χ0) is 15.1. The maximum atomic E-state index is 12.1. The molecule has 1 aromatic carbocycles. The Hall–Kier alpha value is -1.39. The van der Waals surface area contributed by atoms with Gasteiger partial charge in [0, 0.05) is 31.6 Å². The number of hydrogen-bond acceptors (Lipinski definition) is 3. The molecule has 2 rings (SSSR count). The van der Waals surface area contributed by atoms with E-state index in [-0.39, 0.29) is 11.8 Å². The van der Waals surface area contributed by atoms with E-state index in [1.165, 1.54) is 5.56 Å². The summed E-state index contributed by atoms with van der Waals surface area (Å²) in [6.07, 6.45) is 2.84. The molecule has 21 heavy (non-hydrogen) atoms. The van der Waals surface area contributed by atoms with Gasteiger partial charge in [0.1, 0.15) is 0 Å². The lowest BCUT2D eigenvalue weighted by molar-refractivity contribution is -0.125. The Morgan fingerprint density at radius 3 is 2.90 bits per heavy atom. The van der Waals surface area contributed by atoms with Gasteiger partial charge in [-0.2, -0.15) is 0 Å². The number of carbonyl (C=O) groups excluding carboxylic acids is 1. The first-order valence-electron chi connectivity index (χ1n) is 7.95. The van der Waals surface area contributed by atoms with Crippen molar-refractivity contribution in [2.45, 2.75) is 38.8 Å². The number of rotatable bonds is 7. The second-order valence-electron chi connectivity index (χ2n) is 6.05. The summed E-state index contributed by atoms with van der Waals surface area (Å²) in [6.45, 7) is 5.62. The first-order valence-corrected chi connectivity index (χ1v) is 7.95. The SMILES string of the molecule is CC(CCCN)C(=O)NC1CCN(Cc2ccccc2)C1. The van der Waals surface area contributed by atoms with Crippen LogP contribution in [0.25, 0.3) is 0 Å². The Morgan fingerprint density at radius 2 is 2.19 bits per heavy atom. The van der Waals surface area contributed by atoms with Crippen molar-refractivity contribution in [3.05, 3.63) is 35.9 Å². The van der Waals surface area contributed by atoms with Gasteiger partial charge in [-0.3, -0.25) is 9.69 Å². The summed E-state index contributed by atoms with van der Waals surface area (Å²) in [5.74, 6) is 0.242. The molecule has 0 spiro atoms. The molecule has 0 aromatic heterocycles. The van der Waals surface area contributed by atoms with Crippen molar-refractivity contribution in [1.29, 1.82) is 0 Å². The van der Waals surface area contributed by atoms with Crippen molar-refractivity contribution in [1.82, 2.24) is 10.2 Å². The fraction of sp³-hybridized carbons (Fsp3) is 0.588. The number of nitrogens with one attached hydrogen (secondary N) is 1. The third-order valence-corrected chi connectivity index (χ3v) is 4.16. The Bertz CT molecular complexity index is 435. The van der Waals surface area contributed by atoms with Crippen LogP contribution in [0.2, 0.25) is 0 Å². The molecule has 1 aromatic rings. The van der Waals surface area contributed by atoms with Crippen LogP contribution in [0.3, 0.4) is 0 Å². The highest BCUT2D eigenvalue weighted by atomic mass is 16.1. The second kappa shape index (κ2) is 8.15. The van der Waals surface area contributed by atoms with Crippen LogP contribution >= 0.6 is 0 Å². The molecule has 1 amide bonds. The average Bonchev–Trinajstić information content (AvgIpc) is 2.92. The normalized spacial score (nSPS) is 20.4. The van der Waals surface area contributed by atoms with Crippen molar-refractivity contribution in [3.63, 3.8) is 0 Å². The molecule has 2 atom stereocenters. The van der Waals surface area contributed by atoms with Gasteiger partial charge in [-0.05, 0) is 31.4 Å². The summed E-state index contributed by atoms with van der Waals surface area (Å²) in [4.78, 5) is 14.5. The van der Waals surface area contributed by atoms with Crippen LogP contribution < -0.4 is 11.1 Å². The minimum absolute atomic E-state index is 0.0664. The van der Waals surface area contributed by atoms with Gasteiger partial charge in [0.15, 0.2) is 0 Å². The highest BCUT2D eigenvalue weighted by Gasteiger charge is 2.25. The second-order valence-corrected chi connectivity index (χ2v) is 6.05. The van der Waals surface area contributed by atoms with Crippen molar-refractivity contribution < 1.29 is 4.79 Å². The Kier molecular flexibility index (Phi) is 6.21. The van der Waals surface area contributed by atoms with Gasteiger partial charge < -0.3 is 11.1 Å². The van der Waals surface area contributed by atoms with Gasteiger partial charge in [-0.15, -0.1) is 0 Å². The van der Waals surface area contributed by atoms with Crippen molar-refractivity contribution >= 4 is 5.91 Å². The summed E-state index contributed by atoms with van der Waals surface area (Å²) in [7, 11) is 0. The van der Waals surface area contributed by atoms with Crippen LogP contribution in [0.4, 0.5) is 0 Å². The summed E-state index contributed by atoms with van der Waals surface area (Å²) >= 11 is 0. The lowest BCUT2D eigenvalue weighted by atomic mass is 10.0. The summed E-state index contributed by atoms with van der Waals surface area (Å²) in [5.41, 5.74) is 6.83. The average molecular weight is 289 g/mol. The molecule has 4 heteroatoms. The van der Waals surface area contributed by atoms with E-state index < -0.39 is 0 Å². The molecule has 0 bridgehead atoms. The van der Waals surface area contributed by atoms with E-state index in [4.69, 9.17) is 5.73 Å². The van der Waals surface area contributed by atoms with Gasteiger partial charge in [0.25, 0.3) is 0 Å². The van der Waals surface area contributed by atoms with Gasteiger partial charge >= 0.3 is 0 Å². The van der Waals surface area contributed by atoms with Crippen LogP contribution in [0.5, 0.6) is 0 Å². The van der Waals surface area contributed by atoms with Crippen LogP contribution in [-0.4, -0.2) is 36.5 Å².